The van der Waals surface area contributed by atoms with E-state index in [2.05, 4.69) is 10.00 Å². The maximum Gasteiger partial charge on any atom is 0.167 e. The van der Waals surface area contributed by atoms with Crippen molar-refractivity contribution in [3.63, 3.8) is 0 Å². The van der Waals surface area contributed by atoms with Gasteiger partial charge in [-0.05, 0) is 31.0 Å². The molecule has 3 rings (SSSR count). The molecule has 2 aromatic rings. The number of benzene rings is 1. The maximum atomic E-state index is 14.1. The molecule has 4 nitrogen and oxygen atoms in total. The first-order chi connectivity index (χ1) is 9.74. The number of anilines is 1. The minimum Gasteiger partial charge on any atom is -0.484 e. The fraction of sp³-hybridized carbons (Fsp3) is 0.400. The zero-order valence-corrected chi connectivity index (χ0v) is 11.6. The van der Waals surface area contributed by atoms with Gasteiger partial charge in [-0.25, -0.2) is 4.39 Å². The summed E-state index contributed by atoms with van der Waals surface area (Å²) in [6.07, 6.45) is 4.06. The molecule has 0 atom stereocenters. The summed E-state index contributed by atoms with van der Waals surface area (Å²) in [4.78, 5) is 2.20. The minimum absolute atomic E-state index is 0.286. The Kier molecular flexibility index (Phi) is 3.58. The van der Waals surface area contributed by atoms with Crippen LogP contribution in [-0.4, -0.2) is 22.9 Å². The van der Waals surface area contributed by atoms with Gasteiger partial charge in [0.25, 0.3) is 0 Å². The van der Waals surface area contributed by atoms with Crippen LogP contribution >= 0.6 is 0 Å². The summed E-state index contributed by atoms with van der Waals surface area (Å²) in [5, 5.41) is 4.05. The third-order valence-corrected chi connectivity index (χ3v) is 3.68. The fourth-order valence-corrected chi connectivity index (χ4v) is 2.47. The van der Waals surface area contributed by atoms with Crippen LogP contribution in [-0.2, 0) is 13.7 Å². The molecule has 0 unspecified atom stereocenters. The molecule has 0 saturated carbocycles. The van der Waals surface area contributed by atoms with Crippen molar-refractivity contribution in [3.05, 3.63) is 42.0 Å². The topological polar surface area (TPSA) is 30.3 Å². The molecule has 0 bridgehead atoms. The van der Waals surface area contributed by atoms with E-state index in [9.17, 15) is 4.39 Å². The van der Waals surface area contributed by atoms with Crippen LogP contribution in [0.3, 0.4) is 0 Å². The van der Waals surface area contributed by atoms with Crippen LogP contribution in [0.1, 0.15) is 18.5 Å². The molecular weight excluding hydrogens is 257 g/mol. The van der Waals surface area contributed by atoms with Crippen LogP contribution in [0, 0.1) is 5.82 Å². The van der Waals surface area contributed by atoms with Crippen molar-refractivity contribution in [1.82, 2.24) is 9.78 Å². The Bertz CT molecular complexity index is 591. The molecule has 0 spiro atoms. The van der Waals surface area contributed by atoms with Gasteiger partial charge in [-0.1, -0.05) is 0 Å². The van der Waals surface area contributed by atoms with Crippen molar-refractivity contribution in [3.8, 4) is 5.75 Å². The van der Waals surface area contributed by atoms with Crippen molar-refractivity contribution in [1.29, 1.82) is 0 Å². The Morgan fingerprint density at radius 1 is 1.25 bits per heavy atom. The monoisotopic (exact) mass is 275 g/mol. The molecule has 1 aliphatic heterocycles. The summed E-state index contributed by atoms with van der Waals surface area (Å²) in [6, 6.07) is 7.05. The highest BCUT2D eigenvalue weighted by Gasteiger charge is 2.14. The second kappa shape index (κ2) is 5.53. The molecule has 1 aliphatic rings. The predicted molar refractivity (Wildman–Crippen MR) is 75.4 cm³/mol. The Morgan fingerprint density at radius 3 is 2.70 bits per heavy atom. The molecule has 1 saturated heterocycles. The quantitative estimate of drug-likeness (QED) is 0.859. The molecule has 20 heavy (non-hydrogen) atoms. The number of hydrogen-bond acceptors (Lipinski definition) is 3. The number of rotatable bonds is 4. The number of nitrogens with zero attached hydrogens (tertiary/aromatic N) is 3. The molecule has 1 aromatic heterocycles. The van der Waals surface area contributed by atoms with E-state index in [1.165, 1.54) is 12.8 Å². The number of aryl methyl sites for hydroxylation is 1. The molecule has 5 heteroatoms. The lowest BCUT2D eigenvalue weighted by Crippen LogP contribution is -2.17. The average Bonchev–Trinajstić information content (AvgIpc) is 3.09. The first-order valence-corrected chi connectivity index (χ1v) is 6.88. The Hall–Kier alpha value is -2.04. The second-order valence-corrected chi connectivity index (χ2v) is 5.04. The summed E-state index contributed by atoms with van der Waals surface area (Å²) < 4.78 is 21.3. The zero-order chi connectivity index (χ0) is 13.9. The van der Waals surface area contributed by atoms with Crippen molar-refractivity contribution >= 4 is 5.69 Å². The van der Waals surface area contributed by atoms with Gasteiger partial charge in [0.1, 0.15) is 6.61 Å². The summed E-state index contributed by atoms with van der Waals surface area (Å²) in [6.45, 7) is 2.33. The highest BCUT2D eigenvalue weighted by molar-refractivity contribution is 5.50. The van der Waals surface area contributed by atoms with Gasteiger partial charge in [0, 0.05) is 38.1 Å². The molecule has 0 radical (unpaired) electrons. The van der Waals surface area contributed by atoms with Gasteiger partial charge in [0.05, 0.1) is 5.69 Å². The molecule has 2 heterocycles. The lowest BCUT2D eigenvalue weighted by atomic mass is 10.2. The standard InChI is InChI=1S/C15H18FN3O/c1-18-13(6-7-17-18)11-20-15-5-4-12(10-14(15)16)19-8-2-3-9-19/h4-7,10H,2-3,8-9,11H2,1H3. The van der Waals surface area contributed by atoms with Crippen LogP contribution < -0.4 is 9.64 Å². The summed E-state index contributed by atoms with van der Waals surface area (Å²) in [7, 11) is 1.84. The van der Waals surface area contributed by atoms with Crippen molar-refractivity contribution in [2.24, 2.45) is 7.05 Å². The SMILES string of the molecule is Cn1nccc1COc1ccc(N2CCCC2)cc1F. The normalized spacial score (nSPS) is 14.8. The number of halogens is 1. The minimum atomic E-state index is -0.309. The van der Waals surface area contributed by atoms with Gasteiger partial charge in [-0.15, -0.1) is 0 Å². The predicted octanol–water partition coefficient (Wildman–Crippen LogP) is 2.74. The van der Waals surface area contributed by atoms with E-state index >= 15 is 0 Å². The molecule has 0 amide bonds. The highest BCUT2D eigenvalue weighted by atomic mass is 19.1. The Balaban J connectivity index is 1.69. The zero-order valence-electron chi connectivity index (χ0n) is 11.6. The van der Waals surface area contributed by atoms with Gasteiger partial charge in [0.15, 0.2) is 11.6 Å². The average molecular weight is 275 g/mol. The summed E-state index contributed by atoms with van der Waals surface area (Å²) in [5.41, 5.74) is 1.85. The van der Waals surface area contributed by atoms with E-state index in [-0.39, 0.29) is 11.6 Å². The van der Waals surface area contributed by atoms with Gasteiger partial charge < -0.3 is 9.64 Å². The van der Waals surface area contributed by atoms with E-state index in [0.717, 1.165) is 24.5 Å². The largest absolute Gasteiger partial charge is 0.484 e. The third kappa shape index (κ3) is 2.61. The fourth-order valence-electron chi connectivity index (χ4n) is 2.47. The number of hydrogen-bond donors (Lipinski definition) is 0. The van der Waals surface area contributed by atoms with Crippen LogP contribution in [0.2, 0.25) is 0 Å². The van der Waals surface area contributed by atoms with E-state index in [4.69, 9.17) is 4.74 Å². The second-order valence-electron chi connectivity index (χ2n) is 5.04. The molecule has 106 valence electrons. The molecular formula is C15H18FN3O. The first-order valence-electron chi connectivity index (χ1n) is 6.88. The van der Waals surface area contributed by atoms with Gasteiger partial charge in [-0.2, -0.15) is 5.10 Å². The highest BCUT2D eigenvalue weighted by Crippen LogP contribution is 2.26. The van der Waals surface area contributed by atoms with Crippen LogP contribution in [0.4, 0.5) is 10.1 Å². The number of aromatic nitrogens is 2. The van der Waals surface area contributed by atoms with E-state index in [1.54, 1.807) is 23.0 Å². The molecule has 0 aliphatic carbocycles. The number of ether oxygens (including phenoxy) is 1. The lowest BCUT2D eigenvalue weighted by molar-refractivity contribution is 0.280. The first kappa shape index (κ1) is 13.0. The molecule has 0 N–H and O–H groups in total. The maximum absolute atomic E-state index is 14.1. The van der Waals surface area contributed by atoms with Crippen LogP contribution in [0.5, 0.6) is 5.75 Å². The van der Waals surface area contributed by atoms with Crippen molar-refractivity contribution in [2.45, 2.75) is 19.4 Å². The molecule has 1 fully saturated rings. The van der Waals surface area contributed by atoms with Gasteiger partial charge in [0.2, 0.25) is 0 Å². The van der Waals surface area contributed by atoms with Crippen LogP contribution in [0.25, 0.3) is 0 Å². The van der Waals surface area contributed by atoms with Crippen LogP contribution in [0.15, 0.2) is 30.5 Å². The van der Waals surface area contributed by atoms with E-state index in [1.807, 2.05) is 19.2 Å². The van der Waals surface area contributed by atoms with Gasteiger partial charge >= 0.3 is 0 Å². The van der Waals surface area contributed by atoms with E-state index < -0.39 is 0 Å². The van der Waals surface area contributed by atoms with Gasteiger partial charge in [-0.3, -0.25) is 4.68 Å². The summed E-state index contributed by atoms with van der Waals surface area (Å²) in [5.74, 6) is -0.0225. The Morgan fingerprint density at radius 2 is 2.05 bits per heavy atom. The van der Waals surface area contributed by atoms with Crippen molar-refractivity contribution < 1.29 is 9.13 Å². The Labute approximate surface area is 117 Å². The third-order valence-electron chi connectivity index (χ3n) is 3.68. The molecule has 1 aromatic carbocycles. The summed E-state index contributed by atoms with van der Waals surface area (Å²) >= 11 is 0. The van der Waals surface area contributed by atoms with Crippen molar-refractivity contribution in [2.75, 3.05) is 18.0 Å². The lowest BCUT2D eigenvalue weighted by Gasteiger charge is -2.18. The smallest absolute Gasteiger partial charge is 0.167 e. The van der Waals surface area contributed by atoms with E-state index in [0.29, 0.717) is 6.61 Å².